The molecule has 0 saturated heterocycles. The molecule has 1 fully saturated rings. The van der Waals surface area contributed by atoms with Crippen LogP contribution in [-0.4, -0.2) is 42.1 Å². The highest BCUT2D eigenvalue weighted by Gasteiger charge is 2.37. The van der Waals surface area contributed by atoms with Crippen LogP contribution >= 0.6 is 11.6 Å². The number of hydrogen-bond acceptors (Lipinski definition) is 4. The van der Waals surface area contributed by atoms with Crippen molar-refractivity contribution in [2.45, 2.75) is 49.6 Å². The topological polar surface area (TPSA) is 86.8 Å². The number of sulfonamides is 1. The van der Waals surface area contributed by atoms with Gasteiger partial charge in [-0.1, -0.05) is 49.1 Å². The van der Waals surface area contributed by atoms with E-state index in [0.717, 1.165) is 30.0 Å². The third-order valence-corrected chi connectivity index (χ3v) is 8.09. The Bertz CT molecular complexity index is 1190. The number of hydrogen-bond donors (Lipinski definition) is 1. The number of carbonyl (C=O) groups is 2. The van der Waals surface area contributed by atoms with Crippen molar-refractivity contribution in [1.82, 2.24) is 9.21 Å². The van der Waals surface area contributed by atoms with Crippen LogP contribution in [0.15, 0.2) is 60.0 Å². The molecular weight excluding hydrogens is 462 g/mol. The van der Waals surface area contributed by atoms with Gasteiger partial charge in [0.25, 0.3) is 15.9 Å². The highest BCUT2D eigenvalue weighted by molar-refractivity contribution is 7.90. The summed E-state index contributed by atoms with van der Waals surface area (Å²) in [4.78, 5) is 27.7. The maximum Gasteiger partial charge on any atom is 0.336 e. The molecule has 0 bridgehead atoms. The van der Waals surface area contributed by atoms with E-state index in [0.29, 0.717) is 17.7 Å². The Hall–Kier alpha value is -2.84. The number of amides is 3. The SMILES string of the molecule is C=CCN(C(=O)c1cccc(CN2C(=O)Nc3ccc(Cl)cc3S2(=O)=O)c1)C1CCCCC1. The third kappa shape index (κ3) is 4.77. The number of nitrogens with one attached hydrogen (secondary N) is 1. The molecule has 0 spiro atoms. The lowest BCUT2D eigenvalue weighted by molar-refractivity contribution is 0.0663. The second-order valence-electron chi connectivity index (χ2n) is 8.32. The average molecular weight is 488 g/mol. The number of halogens is 1. The monoisotopic (exact) mass is 487 g/mol. The Morgan fingerprint density at radius 2 is 1.94 bits per heavy atom. The van der Waals surface area contributed by atoms with Crippen molar-refractivity contribution in [1.29, 1.82) is 0 Å². The van der Waals surface area contributed by atoms with Gasteiger partial charge in [0.2, 0.25) is 0 Å². The highest BCUT2D eigenvalue weighted by atomic mass is 35.5. The normalized spacial score (nSPS) is 17.7. The number of anilines is 1. The molecule has 2 aromatic rings. The zero-order valence-corrected chi connectivity index (χ0v) is 19.7. The first-order valence-electron chi connectivity index (χ1n) is 11.0. The molecule has 0 aromatic heterocycles. The van der Waals surface area contributed by atoms with E-state index in [1.165, 1.54) is 24.6 Å². The molecule has 1 heterocycles. The van der Waals surface area contributed by atoms with Gasteiger partial charge in [0.1, 0.15) is 4.90 Å². The van der Waals surface area contributed by atoms with Gasteiger partial charge in [0, 0.05) is 23.2 Å². The first-order chi connectivity index (χ1) is 15.8. The second kappa shape index (κ2) is 9.57. The van der Waals surface area contributed by atoms with Gasteiger partial charge in [0.15, 0.2) is 0 Å². The molecule has 0 atom stereocenters. The molecule has 0 unspecified atom stereocenters. The van der Waals surface area contributed by atoms with Crippen LogP contribution in [0.25, 0.3) is 0 Å². The summed E-state index contributed by atoms with van der Waals surface area (Å²) >= 11 is 5.98. The zero-order chi connectivity index (χ0) is 23.6. The number of benzene rings is 2. The number of rotatable bonds is 6. The molecule has 4 rings (SSSR count). The molecule has 1 N–H and O–H groups in total. The fourth-order valence-corrected chi connectivity index (χ4v) is 6.17. The van der Waals surface area contributed by atoms with Crippen molar-refractivity contribution >= 4 is 39.2 Å². The van der Waals surface area contributed by atoms with Crippen LogP contribution in [0.1, 0.15) is 48.0 Å². The molecule has 1 saturated carbocycles. The van der Waals surface area contributed by atoms with Gasteiger partial charge >= 0.3 is 6.03 Å². The Balaban J connectivity index is 1.59. The predicted octanol–water partition coefficient (Wildman–Crippen LogP) is 5.04. The van der Waals surface area contributed by atoms with E-state index in [2.05, 4.69) is 11.9 Å². The molecule has 1 aliphatic carbocycles. The van der Waals surface area contributed by atoms with E-state index < -0.39 is 16.1 Å². The summed E-state index contributed by atoms with van der Waals surface area (Å²) in [6, 6.07) is 10.5. The van der Waals surface area contributed by atoms with E-state index in [4.69, 9.17) is 11.6 Å². The van der Waals surface area contributed by atoms with E-state index in [-0.39, 0.29) is 34.1 Å². The summed E-state index contributed by atoms with van der Waals surface area (Å²) in [5.74, 6) is -0.119. The molecule has 3 amide bonds. The largest absolute Gasteiger partial charge is 0.336 e. The fourth-order valence-electron chi connectivity index (χ4n) is 4.44. The number of fused-ring (bicyclic) bond motifs is 1. The zero-order valence-electron chi connectivity index (χ0n) is 18.2. The second-order valence-corrected chi connectivity index (χ2v) is 10.6. The lowest BCUT2D eigenvalue weighted by Crippen LogP contribution is -2.43. The third-order valence-electron chi connectivity index (χ3n) is 6.08. The summed E-state index contributed by atoms with van der Waals surface area (Å²) in [5.41, 5.74) is 1.18. The van der Waals surface area contributed by atoms with Crippen molar-refractivity contribution in [2.24, 2.45) is 0 Å². The molecule has 174 valence electrons. The van der Waals surface area contributed by atoms with Crippen LogP contribution in [0.2, 0.25) is 5.02 Å². The van der Waals surface area contributed by atoms with Crippen molar-refractivity contribution < 1.29 is 18.0 Å². The van der Waals surface area contributed by atoms with Gasteiger partial charge < -0.3 is 10.2 Å². The van der Waals surface area contributed by atoms with Crippen LogP contribution < -0.4 is 5.32 Å². The van der Waals surface area contributed by atoms with Gasteiger partial charge in [0.05, 0.1) is 12.2 Å². The summed E-state index contributed by atoms with van der Waals surface area (Å²) in [5, 5.41) is 2.85. The van der Waals surface area contributed by atoms with Crippen LogP contribution in [0.3, 0.4) is 0 Å². The fraction of sp³-hybridized carbons (Fsp3) is 0.333. The van der Waals surface area contributed by atoms with Crippen LogP contribution in [-0.2, 0) is 16.6 Å². The number of urea groups is 1. The summed E-state index contributed by atoms with van der Waals surface area (Å²) < 4.78 is 27.0. The van der Waals surface area contributed by atoms with Gasteiger partial charge in [-0.05, 0) is 48.7 Å². The van der Waals surface area contributed by atoms with Gasteiger partial charge in [-0.3, -0.25) is 4.79 Å². The lowest BCUT2D eigenvalue weighted by atomic mass is 9.93. The van der Waals surface area contributed by atoms with E-state index in [1.54, 1.807) is 30.3 Å². The smallest absolute Gasteiger partial charge is 0.332 e. The Kier molecular flexibility index (Phi) is 6.76. The Morgan fingerprint density at radius 3 is 2.67 bits per heavy atom. The first kappa shape index (κ1) is 23.3. The minimum Gasteiger partial charge on any atom is -0.332 e. The maximum absolute atomic E-state index is 13.3. The van der Waals surface area contributed by atoms with E-state index >= 15 is 0 Å². The lowest BCUT2D eigenvalue weighted by Gasteiger charge is -2.34. The predicted molar refractivity (Wildman–Crippen MR) is 128 cm³/mol. The summed E-state index contributed by atoms with van der Waals surface area (Å²) in [6.45, 7) is 4.04. The van der Waals surface area contributed by atoms with Crippen LogP contribution in [0.5, 0.6) is 0 Å². The average Bonchev–Trinajstić information content (AvgIpc) is 2.81. The number of carbonyl (C=O) groups excluding carboxylic acids is 2. The van der Waals surface area contributed by atoms with Crippen molar-refractivity contribution in [2.75, 3.05) is 11.9 Å². The molecule has 9 heteroatoms. The molecule has 1 aliphatic heterocycles. The van der Waals surface area contributed by atoms with Crippen molar-refractivity contribution in [3.8, 4) is 0 Å². The van der Waals surface area contributed by atoms with Crippen LogP contribution in [0, 0.1) is 0 Å². The summed E-state index contributed by atoms with van der Waals surface area (Å²) in [7, 11) is -4.10. The molecule has 2 aliphatic rings. The molecule has 2 aromatic carbocycles. The molecule has 0 radical (unpaired) electrons. The molecule has 7 nitrogen and oxygen atoms in total. The minimum absolute atomic E-state index is 0.0590. The maximum atomic E-state index is 13.3. The van der Waals surface area contributed by atoms with Gasteiger partial charge in [-0.15, -0.1) is 6.58 Å². The first-order valence-corrected chi connectivity index (χ1v) is 12.8. The molecular formula is C24H26ClN3O4S. The standard InChI is InChI=1S/C24H26ClN3O4S/c1-2-13-27(20-9-4-3-5-10-20)23(29)18-8-6-7-17(14-18)16-28-24(30)26-21-12-11-19(25)15-22(21)33(28,31)32/h2,6-8,11-12,14-15,20H,1,3-5,9-10,13,16H2,(H,26,30). The Labute approximate surface area is 199 Å². The highest BCUT2D eigenvalue weighted by Crippen LogP contribution is 2.33. The van der Waals surface area contributed by atoms with Crippen molar-refractivity contribution in [3.05, 3.63) is 71.3 Å². The van der Waals surface area contributed by atoms with Gasteiger partial charge in [-0.2, -0.15) is 0 Å². The van der Waals surface area contributed by atoms with Gasteiger partial charge in [-0.25, -0.2) is 17.5 Å². The number of nitrogens with zero attached hydrogens (tertiary/aromatic N) is 2. The minimum atomic E-state index is -4.10. The Morgan fingerprint density at radius 1 is 1.18 bits per heavy atom. The van der Waals surface area contributed by atoms with E-state index in [1.807, 2.05) is 4.90 Å². The molecule has 33 heavy (non-hydrogen) atoms. The van der Waals surface area contributed by atoms with Crippen molar-refractivity contribution in [3.63, 3.8) is 0 Å². The summed E-state index contributed by atoms with van der Waals surface area (Å²) in [6.07, 6.45) is 7.03. The van der Waals surface area contributed by atoms with E-state index in [9.17, 15) is 18.0 Å². The quantitative estimate of drug-likeness (QED) is 0.578. The van der Waals surface area contributed by atoms with Crippen LogP contribution in [0.4, 0.5) is 10.5 Å².